The van der Waals surface area contributed by atoms with E-state index in [4.69, 9.17) is 4.74 Å². The Bertz CT molecular complexity index is 432. The third kappa shape index (κ3) is 8.56. The second-order valence-electron chi connectivity index (χ2n) is 8.32. The van der Waals surface area contributed by atoms with Crippen molar-refractivity contribution in [1.82, 2.24) is 15.1 Å². The highest BCUT2D eigenvalue weighted by atomic mass is 16.6. The molecule has 6 nitrogen and oxygen atoms in total. The smallest absolute Gasteiger partial charge is 0.410 e. The minimum absolute atomic E-state index is 0.0929. The summed E-state index contributed by atoms with van der Waals surface area (Å²) >= 11 is 0. The molecule has 0 radical (unpaired) electrons. The number of hydrogen-bond donors (Lipinski definition) is 1. The second kappa shape index (κ2) is 10.00. The van der Waals surface area contributed by atoms with Crippen LogP contribution in [0.5, 0.6) is 0 Å². The van der Waals surface area contributed by atoms with Crippen LogP contribution in [0, 0.1) is 5.92 Å². The van der Waals surface area contributed by atoms with E-state index in [0.29, 0.717) is 19.0 Å². The number of carbonyl (C=O) groups is 2. The molecule has 0 spiro atoms. The van der Waals surface area contributed by atoms with Gasteiger partial charge in [0.2, 0.25) is 5.91 Å². The maximum absolute atomic E-state index is 12.5. The van der Waals surface area contributed by atoms with Crippen LogP contribution in [-0.4, -0.2) is 66.2 Å². The molecule has 0 aromatic rings. The molecule has 25 heavy (non-hydrogen) atoms. The van der Waals surface area contributed by atoms with Gasteiger partial charge in [-0.25, -0.2) is 4.79 Å². The van der Waals surface area contributed by atoms with Crippen LogP contribution in [-0.2, 0) is 9.53 Å². The van der Waals surface area contributed by atoms with Crippen molar-refractivity contribution in [2.45, 2.75) is 72.4 Å². The zero-order valence-corrected chi connectivity index (χ0v) is 16.9. The number of piperidine rings is 1. The molecule has 2 amide bonds. The van der Waals surface area contributed by atoms with E-state index in [0.717, 1.165) is 38.9 Å². The van der Waals surface area contributed by atoms with Crippen molar-refractivity contribution in [3.63, 3.8) is 0 Å². The minimum Gasteiger partial charge on any atom is -0.444 e. The van der Waals surface area contributed by atoms with Gasteiger partial charge in [-0.1, -0.05) is 6.92 Å². The van der Waals surface area contributed by atoms with Gasteiger partial charge in [-0.05, 0) is 66.3 Å². The molecule has 0 aromatic carbocycles. The highest BCUT2D eigenvalue weighted by molar-refractivity contribution is 5.78. The molecule has 1 heterocycles. The molecule has 0 aliphatic carbocycles. The molecule has 1 saturated heterocycles. The van der Waals surface area contributed by atoms with Crippen LogP contribution in [0.3, 0.4) is 0 Å². The van der Waals surface area contributed by atoms with Gasteiger partial charge >= 0.3 is 6.09 Å². The number of nitrogens with one attached hydrogen (secondary N) is 1. The molecule has 6 heteroatoms. The van der Waals surface area contributed by atoms with Gasteiger partial charge in [-0.2, -0.15) is 0 Å². The van der Waals surface area contributed by atoms with Gasteiger partial charge in [-0.3, -0.25) is 9.69 Å². The Labute approximate surface area is 153 Å². The highest BCUT2D eigenvalue weighted by Crippen LogP contribution is 2.20. The van der Waals surface area contributed by atoms with Crippen molar-refractivity contribution < 1.29 is 14.3 Å². The van der Waals surface area contributed by atoms with Crippen LogP contribution in [0.25, 0.3) is 0 Å². The lowest BCUT2D eigenvalue weighted by atomic mass is 9.97. The van der Waals surface area contributed by atoms with Crippen LogP contribution >= 0.6 is 0 Å². The number of rotatable bonds is 7. The van der Waals surface area contributed by atoms with Gasteiger partial charge in [-0.15, -0.1) is 0 Å². The molecule has 146 valence electrons. The predicted octanol–water partition coefficient (Wildman–Crippen LogP) is 2.87. The third-order valence-corrected chi connectivity index (χ3v) is 4.25. The van der Waals surface area contributed by atoms with Gasteiger partial charge < -0.3 is 15.0 Å². The second-order valence-corrected chi connectivity index (χ2v) is 8.32. The lowest BCUT2D eigenvalue weighted by Crippen LogP contribution is -2.48. The van der Waals surface area contributed by atoms with E-state index in [1.165, 1.54) is 0 Å². The predicted molar refractivity (Wildman–Crippen MR) is 101 cm³/mol. The van der Waals surface area contributed by atoms with E-state index in [1.807, 2.05) is 46.4 Å². The van der Waals surface area contributed by atoms with Gasteiger partial charge in [0.15, 0.2) is 0 Å². The molecule has 1 fully saturated rings. The third-order valence-electron chi connectivity index (χ3n) is 4.25. The largest absolute Gasteiger partial charge is 0.444 e. The molecule has 1 atom stereocenters. The Balaban J connectivity index is 2.57. The Kier molecular flexibility index (Phi) is 8.69. The number of carbonyl (C=O) groups excluding carboxylic acids is 2. The van der Waals surface area contributed by atoms with E-state index in [1.54, 1.807) is 0 Å². The number of likely N-dealkylation sites (tertiary alicyclic amines) is 1. The fourth-order valence-electron chi connectivity index (χ4n) is 3.06. The number of nitrogens with zero attached hydrogens (tertiary/aromatic N) is 2. The maximum atomic E-state index is 12.5. The highest BCUT2D eigenvalue weighted by Gasteiger charge is 2.29. The first kappa shape index (κ1) is 21.7. The topological polar surface area (TPSA) is 61.9 Å². The minimum atomic E-state index is -0.486. The summed E-state index contributed by atoms with van der Waals surface area (Å²) in [4.78, 5) is 28.4. The molecule has 0 saturated carbocycles. The van der Waals surface area contributed by atoms with Crippen LogP contribution in [0.4, 0.5) is 4.79 Å². The fourth-order valence-corrected chi connectivity index (χ4v) is 3.06. The van der Waals surface area contributed by atoms with Crippen molar-refractivity contribution >= 4 is 12.0 Å². The lowest BCUT2D eigenvalue weighted by Gasteiger charge is -2.37. The number of ether oxygens (including phenoxy) is 1. The zero-order valence-electron chi connectivity index (χ0n) is 16.9. The summed E-state index contributed by atoms with van der Waals surface area (Å²) in [6, 6.07) is 0.0954. The van der Waals surface area contributed by atoms with Gasteiger partial charge in [0.25, 0.3) is 0 Å². The first-order valence-electron chi connectivity index (χ1n) is 9.61. The summed E-state index contributed by atoms with van der Waals surface area (Å²) < 4.78 is 5.55. The lowest BCUT2D eigenvalue weighted by molar-refractivity contribution is -0.122. The quantitative estimate of drug-likeness (QED) is 0.763. The van der Waals surface area contributed by atoms with Gasteiger partial charge in [0.1, 0.15) is 5.60 Å². The van der Waals surface area contributed by atoms with Crippen molar-refractivity contribution in [3.8, 4) is 0 Å². The number of amides is 2. The van der Waals surface area contributed by atoms with E-state index >= 15 is 0 Å². The Morgan fingerprint density at radius 2 is 2.00 bits per heavy atom. The van der Waals surface area contributed by atoms with E-state index in [2.05, 4.69) is 10.2 Å². The molecule has 1 N–H and O–H groups in total. The monoisotopic (exact) mass is 355 g/mol. The average Bonchev–Trinajstić information content (AvgIpc) is 2.49. The summed E-state index contributed by atoms with van der Waals surface area (Å²) in [7, 11) is 0. The van der Waals surface area contributed by atoms with Crippen LogP contribution < -0.4 is 5.32 Å². The average molecular weight is 356 g/mol. The fraction of sp³-hybridized carbons (Fsp3) is 0.895. The Morgan fingerprint density at radius 3 is 2.56 bits per heavy atom. The van der Waals surface area contributed by atoms with Crippen molar-refractivity contribution in [3.05, 3.63) is 0 Å². The Morgan fingerprint density at radius 1 is 1.32 bits per heavy atom. The summed E-state index contributed by atoms with van der Waals surface area (Å²) in [6.07, 6.45) is 2.85. The molecule has 1 aliphatic rings. The van der Waals surface area contributed by atoms with E-state index in [-0.39, 0.29) is 18.0 Å². The molecule has 0 bridgehead atoms. The summed E-state index contributed by atoms with van der Waals surface area (Å²) in [6.45, 7) is 15.4. The van der Waals surface area contributed by atoms with Crippen LogP contribution in [0.2, 0.25) is 0 Å². The summed E-state index contributed by atoms with van der Waals surface area (Å²) in [5.74, 6) is 0.470. The van der Waals surface area contributed by atoms with Crippen molar-refractivity contribution in [2.24, 2.45) is 5.92 Å². The number of hydrogen-bond acceptors (Lipinski definition) is 4. The maximum Gasteiger partial charge on any atom is 0.410 e. The van der Waals surface area contributed by atoms with E-state index in [9.17, 15) is 9.59 Å². The normalized spacial score (nSPS) is 18.9. The first-order valence-corrected chi connectivity index (χ1v) is 9.61. The van der Waals surface area contributed by atoms with Gasteiger partial charge in [0, 0.05) is 25.7 Å². The molecule has 1 rings (SSSR count). The molecule has 1 aliphatic heterocycles. The summed E-state index contributed by atoms with van der Waals surface area (Å²) in [5.41, 5.74) is -0.486. The molecular weight excluding hydrogens is 318 g/mol. The SMILES string of the molecule is CCCNC(=O)CN1CCCC(CN(C(=O)OC(C)(C)C)C(C)C)C1. The molecule has 0 aromatic heterocycles. The Hall–Kier alpha value is -1.30. The van der Waals surface area contributed by atoms with Crippen molar-refractivity contribution in [2.75, 3.05) is 32.7 Å². The molecule has 1 unspecified atom stereocenters. The van der Waals surface area contributed by atoms with Crippen molar-refractivity contribution in [1.29, 1.82) is 0 Å². The first-order chi connectivity index (χ1) is 11.6. The summed E-state index contributed by atoms with van der Waals surface area (Å²) in [5, 5.41) is 2.93. The van der Waals surface area contributed by atoms with Crippen LogP contribution in [0.1, 0.15) is 60.8 Å². The molecular formula is C19H37N3O3. The van der Waals surface area contributed by atoms with Gasteiger partial charge in [0.05, 0.1) is 6.54 Å². The van der Waals surface area contributed by atoms with Crippen LogP contribution in [0.15, 0.2) is 0 Å². The van der Waals surface area contributed by atoms with E-state index < -0.39 is 5.60 Å². The standard InChI is InChI=1S/C19H37N3O3/c1-7-10-20-17(23)14-21-11-8-9-16(12-21)13-22(15(2)3)18(24)25-19(4,5)6/h15-16H,7-14H2,1-6H3,(H,20,23). The zero-order chi connectivity index (χ0) is 19.0.